The van der Waals surface area contributed by atoms with E-state index in [2.05, 4.69) is 36.3 Å². The summed E-state index contributed by atoms with van der Waals surface area (Å²) < 4.78 is 5.76. The summed E-state index contributed by atoms with van der Waals surface area (Å²) in [6.07, 6.45) is 10.3. The van der Waals surface area contributed by atoms with E-state index in [9.17, 15) is 0 Å². The Hall–Kier alpha value is -0.600. The van der Waals surface area contributed by atoms with E-state index in [4.69, 9.17) is 4.74 Å². The standard InChI is InChI=1S/C11H17NO/c1-12-7-8-13-11(9-12)10-5-3-2-4-6-10/h2-5,10-11H,6-9H2,1H3/t10?,11-/m0/s1. The molecule has 1 aliphatic heterocycles. The van der Waals surface area contributed by atoms with Gasteiger partial charge in [0, 0.05) is 19.0 Å². The number of morpholine rings is 1. The molecule has 72 valence electrons. The zero-order valence-electron chi connectivity index (χ0n) is 8.15. The largest absolute Gasteiger partial charge is 0.375 e. The van der Waals surface area contributed by atoms with Crippen molar-refractivity contribution in [2.75, 3.05) is 26.7 Å². The van der Waals surface area contributed by atoms with Crippen LogP contribution in [-0.4, -0.2) is 37.7 Å². The first-order valence-corrected chi connectivity index (χ1v) is 5.00. The normalized spacial score (nSPS) is 35.2. The maximum Gasteiger partial charge on any atom is 0.0768 e. The van der Waals surface area contributed by atoms with Crippen LogP contribution in [0.5, 0.6) is 0 Å². The fourth-order valence-electron chi connectivity index (χ4n) is 1.95. The molecule has 0 aromatic heterocycles. The number of likely N-dealkylation sites (N-methyl/N-ethyl adjacent to an activating group) is 1. The minimum Gasteiger partial charge on any atom is -0.375 e. The Kier molecular flexibility index (Phi) is 2.81. The SMILES string of the molecule is CN1CCO[C@H](C2C=CC=CC2)C1. The van der Waals surface area contributed by atoms with Gasteiger partial charge in [0.2, 0.25) is 0 Å². The van der Waals surface area contributed by atoms with Crippen LogP contribution in [0.2, 0.25) is 0 Å². The number of nitrogens with zero attached hydrogens (tertiary/aromatic N) is 1. The molecule has 1 saturated heterocycles. The van der Waals surface area contributed by atoms with E-state index in [1.54, 1.807) is 0 Å². The number of ether oxygens (including phenoxy) is 1. The van der Waals surface area contributed by atoms with Gasteiger partial charge in [-0.05, 0) is 13.5 Å². The average molecular weight is 179 g/mol. The van der Waals surface area contributed by atoms with Crippen molar-refractivity contribution in [2.24, 2.45) is 5.92 Å². The Bertz CT molecular complexity index is 222. The zero-order valence-corrected chi connectivity index (χ0v) is 8.15. The fraction of sp³-hybridized carbons (Fsp3) is 0.636. The first kappa shape index (κ1) is 8.97. The topological polar surface area (TPSA) is 12.5 Å². The van der Waals surface area contributed by atoms with Gasteiger partial charge in [-0.2, -0.15) is 0 Å². The summed E-state index contributed by atoms with van der Waals surface area (Å²) in [5, 5.41) is 0. The van der Waals surface area contributed by atoms with E-state index in [0.717, 1.165) is 26.1 Å². The first-order chi connectivity index (χ1) is 6.36. The van der Waals surface area contributed by atoms with E-state index < -0.39 is 0 Å². The van der Waals surface area contributed by atoms with Crippen molar-refractivity contribution in [2.45, 2.75) is 12.5 Å². The number of rotatable bonds is 1. The van der Waals surface area contributed by atoms with Crippen molar-refractivity contribution in [3.05, 3.63) is 24.3 Å². The predicted molar refractivity (Wildman–Crippen MR) is 53.6 cm³/mol. The molecule has 0 spiro atoms. The van der Waals surface area contributed by atoms with Gasteiger partial charge >= 0.3 is 0 Å². The third-order valence-corrected chi connectivity index (χ3v) is 2.79. The van der Waals surface area contributed by atoms with Gasteiger partial charge in [-0.15, -0.1) is 0 Å². The monoisotopic (exact) mass is 179 g/mol. The van der Waals surface area contributed by atoms with Crippen molar-refractivity contribution in [1.82, 2.24) is 4.90 Å². The van der Waals surface area contributed by atoms with Crippen LogP contribution >= 0.6 is 0 Å². The summed E-state index contributed by atoms with van der Waals surface area (Å²) >= 11 is 0. The van der Waals surface area contributed by atoms with Crippen molar-refractivity contribution in [1.29, 1.82) is 0 Å². The van der Waals surface area contributed by atoms with Crippen molar-refractivity contribution < 1.29 is 4.74 Å². The smallest absolute Gasteiger partial charge is 0.0768 e. The fourth-order valence-corrected chi connectivity index (χ4v) is 1.95. The molecule has 1 heterocycles. The molecule has 1 fully saturated rings. The molecule has 0 amide bonds. The Morgan fingerprint density at radius 2 is 2.31 bits per heavy atom. The van der Waals surface area contributed by atoms with Crippen LogP contribution in [0, 0.1) is 5.92 Å². The number of allylic oxidation sites excluding steroid dienone is 3. The van der Waals surface area contributed by atoms with Crippen LogP contribution in [-0.2, 0) is 4.74 Å². The van der Waals surface area contributed by atoms with Crippen molar-refractivity contribution >= 4 is 0 Å². The average Bonchev–Trinajstić information content (AvgIpc) is 2.19. The lowest BCUT2D eigenvalue weighted by Crippen LogP contribution is -2.43. The van der Waals surface area contributed by atoms with Crippen LogP contribution in [0.4, 0.5) is 0 Å². The highest BCUT2D eigenvalue weighted by Crippen LogP contribution is 2.21. The summed E-state index contributed by atoms with van der Waals surface area (Å²) in [5.41, 5.74) is 0. The van der Waals surface area contributed by atoms with Gasteiger partial charge < -0.3 is 9.64 Å². The maximum atomic E-state index is 5.76. The molecule has 0 radical (unpaired) electrons. The highest BCUT2D eigenvalue weighted by Gasteiger charge is 2.24. The zero-order chi connectivity index (χ0) is 9.10. The van der Waals surface area contributed by atoms with Crippen LogP contribution < -0.4 is 0 Å². The van der Waals surface area contributed by atoms with Gasteiger partial charge in [0.25, 0.3) is 0 Å². The molecule has 2 atom stereocenters. The Morgan fingerprint density at radius 3 is 3.00 bits per heavy atom. The van der Waals surface area contributed by atoms with Gasteiger partial charge in [-0.1, -0.05) is 24.3 Å². The molecular weight excluding hydrogens is 162 g/mol. The first-order valence-electron chi connectivity index (χ1n) is 5.00. The molecule has 0 saturated carbocycles. The molecule has 2 nitrogen and oxygen atoms in total. The quantitative estimate of drug-likeness (QED) is 0.604. The minimum absolute atomic E-state index is 0.403. The maximum absolute atomic E-state index is 5.76. The number of hydrogen-bond acceptors (Lipinski definition) is 2. The Labute approximate surface area is 79.9 Å². The molecule has 0 bridgehead atoms. The summed E-state index contributed by atoms with van der Waals surface area (Å²) in [6.45, 7) is 3.03. The summed E-state index contributed by atoms with van der Waals surface area (Å²) in [5.74, 6) is 0.591. The van der Waals surface area contributed by atoms with Crippen LogP contribution in [0.25, 0.3) is 0 Å². The van der Waals surface area contributed by atoms with E-state index >= 15 is 0 Å². The van der Waals surface area contributed by atoms with Gasteiger partial charge in [0.05, 0.1) is 12.7 Å². The lowest BCUT2D eigenvalue weighted by molar-refractivity contribution is -0.0398. The number of hydrogen-bond donors (Lipinski definition) is 0. The molecular formula is C11H17NO. The molecule has 0 aromatic carbocycles. The van der Waals surface area contributed by atoms with E-state index in [0.29, 0.717) is 12.0 Å². The minimum atomic E-state index is 0.403. The molecule has 13 heavy (non-hydrogen) atoms. The van der Waals surface area contributed by atoms with Gasteiger partial charge in [-0.25, -0.2) is 0 Å². The lowest BCUT2D eigenvalue weighted by Gasteiger charge is -2.34. The van der Waals surface area contributed by atoms with Crippen LogP contribution in [0.15, 0.2) is 24.3 Å². The summed E-state index contributed by atoms with van der Waals surface area (Å²) in [7, 11) is 2.16. The van der Waals surface area contributed by atoms with E-state index in [-0.39, 0.29) is 0 Å². The van der Waals surface area contributed by atoms with E-state index in [1.165, 1.54) is 0 Å². The van der Waals surface area contributed by atoms with Crippen LogP contribution in [0.1, 0.15) is 6.42 Å². The molecule has 0 N–H and O–H groups in total. The van der Waals surface area contributed by atoms with Crippen molar-refractivity contribution in [3.8, 4) is 0 Å². The second kappa shape index (κ2) is 4.07. The highest BCUT2D eigenvalue weighted by atomic mass is 16.5. The molecule has 1 unspecified atom stereocenters. The summed E-state index contributed by atoms with van der Waals surface area (Å²) in [4.78, 5) is 2.35. The van der Waals surface area contributed by atoms with Gasteiger partial charge in [-0.3, -0.25) is 0 Å². The van der Waals surface area contributed by atoms with E-state index in [1.807, 2.05) is 0 Å². The molecule has 2 heteroatoms. The van der Waals surface area contributed by atoms with Crippen molar-refractivity contribution in [3.63, 3.8) is 0 Å². The third kappa shape index (κ3) is 2.20. The summed E-state index contributed by atoms with van der Waals surface area (Å²) in [6, 6.07) is 0. The second-order valence-electron chi connectivity index (χ2n) is 3.88. The Balaban J connectivity index is 1.92. The predicted octanol–water partition coefficient (Wildman–Crippen LogP) is 1.45. The molecule has 1 aliphatic carbocycles. The lowest BCUT2D eigenvalue weighted by atomic mass is 9.94. The van der Waals surface area contributed by atoms with Gasteiger partial charge in [0.1, 0.15) is 0 Å². The Morgan fingerprint density at radius 1 is 1.38 bits per heavy atom. The highest BCUT2D eigenvalue weighted by molar-refractivity contribution is 5.12. The third-order valence-electron chi connectivity index (χ3n) is 2.79. The molecule has 2 rings (SSSR count). The van der Waals surface area contributed by atoms with Gasteiger partial charge in [0.15, 0.2) is 0 Å². The molecule has 2 aliphatic rings. The molecule has 0 aromatic rings. The second-order valence-corrected chi connectivity index (χ2v) is 3.88. The van der Waals surface area contributed by atoms with Crippen LogP contribution in [0.3, 0.4) is 0 Å².